The Bertz CT molecular complexity index is 1060. The summed E-state index contributed by atoms with van der Waals surface area (Å²) < 4.78 is 107. The molecule has 2 heterocycles. The van der Waals surface area contributed by atoms with Crippen molar-refractivity contribution in [3.05, 3.63) is 41.7 Å². The van der Waals surface area contributed by atoms with Crippen molar-refractivity contribution in [2.45, 2.75) is 35.9 Å². The molecule has 1 amide bonds. The van der Waals surface area contributed by atoms with Crippen molar-refractivity contribution in [2.24, 2.45) is 0 Å². The number of hydrogen-bond donors (Lipinski definition) is 3. The summed E-state index contributed by atoms with van der Waals surface area (Å²) in [6.45, 7) is 0. The Kier molecular flexibility index (Phi) is 5.11. The van der Waals surface area contributed by atoms with Crippen molar-refractivity contribution in [1.82, 2.24) is 14.7 Å². The van der Waals surface area contributed by atoms with Crippen LogP contribution in [-0.2, 0) is 10.0 Å². The number of nitrogens with one attached hydrogen (secondary N) is 3. The zero-order chi connectivity index (χ0) is 21.6. The molecule has 0 bridgehead atoms. The highest BCUT2D eigenvalue weighted by atomic mass is 32.2. The summed E-state index contributed by atoms with van der Waals surface area (Å²) in [6.07, 6.45) is -4.50. The number of hydrogen-bond acceptors (Lipinski definition) is 4. The molecule has 2 aromatic heterocycles. The molecule has 2 aromatic rings. The zero-order valence-electron chi connectivity index (χ0n) is 14.2. The van der Waals surface area contributed by atoms with E-state index in [9.17, 15) is 39.6 Å². The lowest BCUT2D eigenvalue weighted by atomic mass is 9.77. The number of carbonyl (C=O) groups excluding carboxylic acids is 1. The predicted molar refractivity (Wildman–Crippen MR) is 85.8 cm³/mol. The van der Waals surface area contributed by atoms with E-state index in [1.54, 1.807) is 0 Å². The van der Waals surface area contributed by atoms with Gasteiger partial charge in [0, 0.05) is 12.4 Å². The first-order valence-corrected chi connectivity index (χ1v) is 9.45. The molecular weight excluding hydrogens is 430 g/mol. The van der Waals surface area contributed by atoms with Crippen LogP contribution in [-0.4, -0.2) is 36.0 Å². The molecule has 1 saturated carbocycles. The maximum absolute atomic E-state index is 14.5. The summed E-state index contributed by atoms with van der Waals surface area (Å²) in [4.78, 5) is 15.8. The third kappa shape index (κ3) is 3.69. The number of rotatable bonds is 5. The molecule has 3 rings (SSSR count). The number of nitrogens with zero attached hydrogens (tertiary/aromatic N) is 1. The van der Waals surface area contributed by atoms with Crippen LogP contribution in [0.1, 0.15) is 29.8 Å². The second kappa shape index (κ2) is 7.02. The monoisotopic (exact) mass is 442 g/mol. The van der Waals surface area contributed by atoms with Gasteiger partial charge in [-0.2, -0.15) is 26.7 Å². The van der Waals surface area contributed by atoms with E-state index in [-0.39, 0.29) is 6.42 Å². The molecular formula is C15H12F6N4O3S. The summed E-state index contributed by atoms with van der Waals surface area (Å²) in [5.74, 6) is -6.15. The molecule has 29 heavy (non-hydrogen) atoms. The second-order valence-electron chi connectivity index (χ2n) is 6.30. The van der Waals surface area contributed by atoms with E-state index >= 15 is 0 Å². The fraction of sp³-hybridized carbons (Fsp3) is 0.333. The Morgan fingerprint density at radius 2 is 1.83 bits per heavy atom. The number of pyridine rings is 1. The molecule has 0 aromatic carbocycles. The lowest BCUT2D eigenvalue weighted by Crippen LogP contribution is -2.62. The van der Waals surface area contributed by atoms with E-state index in [0.717, 1.165) is 12.3 Å². The fourth-order valence-electron chi connectivity index (χ4n) is 2.73. The largest absolute Gasteiger partial charge is 0.407 e. The van der Waals surface area contributed by atoms with Crippen LogP contribution in [0.2, 0.25) is 0 Å². The number of aromatic nitrogens is 2. The molecule has 0 unspecified atom stereocenters. The van der Waals surface area contributed by atoms with Crippen LogP contribution < -0.4 is 10.0 Å². The minimum atomic E-state index is -4.99. The summed E-state index contributed by atoms with van der Waals surface area (Å²) in [7, 11) is -4.99. The van der Waals surface area contributed by atoms with Crippen LogP contribution in [0, 0.1) is 17.6 Å². The average molecular weight is 442 g/mol. The van der Waals surface area contributed by atoms with Gasteiger partial charge in [0.25, 0.3) is 11.9 Å². The number of alkyl halides is 3. The highest BCUT2D eigenvalue weighted by Crippen LogP contribution is 2.46. The normalized spacial score (nSPS) is 16.3. The minimum Gasteiger partial charge on any atom is -0.353 e. The van der Waals surface area contributed by atoms with Gasteiger partial charge in [-0.1, -0.05) is 0 Å². The lowest BCUT2D eigenvalue weighted by molar-refractivity contribution is -0.212. The first kappa shape index (κ1) is 21.1. The molecule has 1 fully saturated rings. The number of carbonyl (C=O) groups is 1. The SMILES string of the molecule is O=C(Nc1ccnc(F)c1F)c1[nH]cc(S(=O)(=O)NC2(C(F)(F)F)CCC2)c1F. The van der Waals surface area contributed by atoms with Gasteiger partial charge in [0.05, 0.1) is 5.69 Å². The van der Waals surface area contributed by atoms with Gasteiger partial charge in [-0.05, 0) is 25.3 Å². The Morgan fingerprint density at radius 3 is 2.38 bits per heavy atom. The summed E-state index contributed by atoms with van der Waals surface area (Å²) in [5.41, 5.74) is -4.42. The Hall–Kier alpha value is -2.61. The molecule has 0 saturated heterocycles. The number of halogens is 6. The highest BCUT2D eigenvalue weighted by molar-refractivity contribution is 7.89. The number of sulfonamides is 1. The fourth-order valence-corrected chi connectivity index (χ4v) is 4.23. The number of aromatic amines is 1. The van der Waals surface area contributed by atoms with Crippen molar-refractivity contribution in [1.29, 1.82) is 0 Å². The first-order valence-electron chi connectivity index (χ1n) is 7.97. The number of amides is 1. The van der Waals surface area contributed by atoms with Crippen LogP contribution in [0.4, 0.5) is 32.0 Å². The van der Waals surface area contributed by atoms with Crippen molar-refractivity contribution < 1.29 is 39.6 Å². The highest BCUT2D eigenvalue weighted by Gasteiger charge is 2.60. The molecule has 7 nitrogen and oxygen atoms in total. The van der Waals surface area contributed by atoms with E-state index in [4.69, 9.17) is 0 Å². The maximum atomic E-state index is 14.5. The third-order valence-electron chi connectivity index (χ3n) is 4.47. The van der Waals surface area contributed by atoms with Gasteiger partial charge in [0.15, 0.2) is 5.82 Å². The Labute approximate surface area is 159 Å². The van der Waals surface area contributed by atoms with E-state index < -0.39 is 74.3 Å². The molecule has 3 N–H and O–H groups in total. The zero-order valence-corrected chi connectivity index (χ0v) is 15.0. The smallest absolute Gasteiger partial charge is 0.353 e. The molecule has 14 heteroatoms. The molecule has 0 aliphatic heterocycles. The first-order chi connectivity index (χ1) is 13.4. The van der Waals surface area contributed by atoms with Crippen LogP contribution in [0.15, 0.2) is 23.4 Å². The van der Waals surface area contributed by atoms with Gasteiger partial charge < -0.3 is 10.3 Å². The Balaban J connectivity index is 1.87. The van der Waals surface area contributed by atoms with Crippen molar-refractivity contribution >= 4 is 21.6 Å². The van der Waals surface area contributed by atoms with E-state index in [2.05, 4.69) is 4.98 Å². The van der Waals surface area contributed by atoms with Crippen LogP contribution in [0.5, 0.6) is 0 Å². The van der Waals surface area contributed by atoms with Gasteiger partial charge in [0.1, 0.15) is 16.1 Å². The van der Waals surface area contributed by atoms with E-state index in [1.165, 1.54) is 4.72 Å². The van der Waals surface area contributed by atoms with Crippen LogP contribution in [0.3, 0.4) is 0 Å². The molecule has 0 spiro atoms. The van der Waals surface area contributed by atoms with Gasteiger partial charge >= 0.3 is 6.18 Å². The molecule has 1 aliphatic carbocycles. The van der Waals surface area contributed by atoms with E-state index in [1.807, 2.05) is 10.3 Å². The van der Waals surface area contributed by atoms with Crippen LogP contribution in [0.25, 0.3) is 0 Å². The van der Waals surface area contributed by atoms with Gasteiger partial charge in [-0.15, -0.1) is 0 Å². The average Bonchev–Trinajstić information content (AvgIpc) is 2.96. The van der Waals surface area contributed by atoms with Gasteiger partial charge in [-0.3, -0.25) is 4.79 Å². The van der Waals surface area contributed by atoms with Gasteiger partial charge in [0.2, 0.25) is 15.8 Å². The predicted octanol–water partition coefficient (Wildman–Crippen LogP) is 2.84. The quantitative estimate of drug-likeness (QED) is 0.489. The standard InChI is InChI=1S/C15H12F6N4O3S/c16-9-7(2-5-22-12(9)18)24-13(26)11-10(17)8(6-23-11)29(27,28)25-14(3-1-4-14)15(19,20)21/h2,5-6,23,25H,1,3-4H2,(H,22,24,26). The third-order valence-corrected chi connectivity index (χ3v) is 6.01. The molecule has 0 atom stereocenters. The number of H-pyrrole nitrogens is 1. The summed E-state index contributed by atoms with van der Waals surface area (Å²) in [5, 5.41) is 1.81. The van der Waals surface area contributed by atoms with Gasteiger partial charge in [-0.25, -0.2) is 17.8 Å². The Morgan fingerprint density at radius 1 is 1.17 bits per heavy atom. The number of anilines is 1. The lowest BCUT2D eigenvalue weighted by Gasteiger charge is -2.43. The summed E-state index contributed by atoms with van der Waals surface area (Å²) >= 11 is 0. The molecule has 1 aliphatic rings. The van der Waals surface area contributed by atoms with E-state index in [0.29, 0.717) is 6.20 Å². The van der Waals surface area contributed by atoms with Crippen molar-refractivity contribution in [3.8, 4) is 0 Å². The molecule has 0 radical (unpaired) electrons. The second-order valence-corrected chi connectivity index (χ2v) is 7.95. The van der Waals surface area contributed by atoms with Crippen molar-refractivity contribution in [2.75, 3.05) is 5.32 Å². The minimum absolute atomic E-state index is 0.124. The maximum Gasteiger partial charge on any atom is 0.407 e. The van der Waals surface area contributed by atoms with Crippen LogP contribution >= 0.6 is 0 Å². The topological polar surface area (TPSA) is 104 Å². The van der Waals surface area contributed by atoms with Crippen molar-refractivity contribution in [3.63, 3.8) is 0 Å². The summed E-state index contributed by atoms with van der Waals surface area (Å²) in [6, 6.07) is 0.861. The molecule has 158 valence electrons.